The SMILES string of the molecule is CCCCCCCCCCCCCCCCCCC/C=C/OC(=O)c1ccc(S(=O)(=O)O)cc1C(=O)O/C=C/CCCCCCCCCCCCCCCCCCC. The Hall–Kier alpha value is -2.45. The monoisotopic (exact) mass is 831 g/mol. The first-order chi connectivity index (χ1) is 28.3. The highest BCUT2D eigenvalue weighted by molar-refractivity contribution is 7.85. The molecular weight excluding hydrogens is 745 g/mol. The van der Waals surface area contributed by atoms with E-state index in [0.717, 1.165) is 56.7 Å². The molecule has 7 nitrogen and oxygen atoms in total. The molecule has 0 amide bonds. The fourth-order valence-electron chi connectivity index (χ4n) is 7.49. The fourth-order valence-corrected chi connectivity index (χ4v) is 7.99. The van der Waals surface area contributed by atoms with Crippen molar-refractivity contribution in [1.82, 2.24) is 0 Å². The number of esters is 2. The fraction of sp³-hybridized carbons (Fsp3) is 0.760. The van der Waals surface area contributed by atoms with Crippen molar-refractivity contribution in [3.05, 3.63) is 54.0 Å². The average Bonchev–Trinajstić information content (AvgIpc) is 3.21. The van der Waals surface area contributed by atoms with Crippen LogP contribution in [0.1, 0.15) is 266 Å². The van der Waals surface area contributed by atoms with E-state index in [0.29, 0.717) is 0 Å². The summed E-state index contributed by atoms with van der Waals surface area (Å²) in [4.78, 5) is 25.3. The predicted molar refractivity (Wildman–Crippen MR) is 243 cm³/mol. The number of unbranched alkanes of at least 4 members (excludes halogenated alkanes) is 34. The van der Waals surface area contributed by atoms with Crippen LogP contribution < -0.4 is 0 Å². The third kappa shape index (κ3) is 31.5. The molecule has 0 saturated heterocycles. The highest BCUT2D eigenvalue weighted by atomic mass is 32.2. The van der Waals surface area contributed by atoms with Crippen molar-refractivity contribution in [3.63, 3.8) is 0 Å². The van der Waals surface area contributed by atoms with Gasteiger partial charge in [-0.25, -0.2) is 9.59 Å². The number of benzene rings is 1. The lowest BCUT2D eigenvalue weighted by atomic mass is 10.0. The zero-order chi connectivity index (χ0) is 42.2. The zero-order valence-corrected chi connectivity index (χ0v) is 38.1. The van der Waals surface area contributed by atoms with Crippen LogP contribution in [-0.4, -0.2) is 24.9 Å². The maximum atomic E-state index is 12.9. The van der Waals surface area contributed by atoms with Gasteiger partial charge in [0, 0.05) is 0 Å². The quantitative estimate of drug-likeness (QED) is 0.0303. The van der Waals surface area contributed by atoms with Crippen molar-refractivity contribution in [2.75, 3.05) is 0 Å². The van der Waals surface area contributed by atoms with Crippen LogP contribution >= 0.6 is 0 Å². The highest BCUT2D eigenvalue weighted by Gasteiger charge is 2.23. The molecule has 58 heavy (non-hydrogen) atoms. The summed E-state index contributed by atoms with van der Waals surface area (Å²) in [5, 5.41) is 0. The summed E-state index contributed by atoms with van der Waals surface area (Å²) in [6.45, 7) is 4.54. The molecule has 0 heterocycles. The summed E-state index contributed by atoms with van der Waals surface area (Å²) in [7, 11) is -4.60. The van der Waals surface area contributed by atoms with Crippen LogP contribution in [0.15, 0.2) is 47.8 Å². The van der Waals surface area contributed by atoms with Crippen molar-refractivity contribution < 1.29 is 32.0 Å². The molecule has 0 aromatic heterocycles. The van der Waals surface area contributed by atoms with Crippen LogP contribution in [0, 0.1) is 0 Å². The lowest BCUT2D eigenvalue weighted by Gasteiger charge is -2.08. The number of hydrogen-bond acceptors (Lipinski definition) is 6. The molecular formula is C50H86O7S. The van der Waals surface area contributed by atoms with E-state index in [9.17, 15) is 22.6 Å². The van der Waals surface area contributed by atoms with Crippen LogP contribution in [-0.2, 0) is 19.6 Å². The smallest absolute Gasteiger partial charge is 0.343 e. The van der Waals surface area contributed by atoms with Crippen LogP contribution in [0.5, 0.6) is 0 Å². The second-order valence-corrected chi connectivity index (χ2v) is 18.0. The molecule has 0 radical (unpaired) electrons. The molecule has 8 heteroatoms. The minimum atomic E-state index is -4.60. The van der Waals surface area contributed by atoms with E-state index in [-0.39, 0.29) is 11.1 Å². The molecule has 1 N–H and O–H groups in total. The third-order valence-corrected chi connectivity index (χ3v) is 12.1. The Morgan fingerprint density at radius 1 is 0.448 bits per heavy atom. The summed E-state index contributed by atoms with van der Waals surface area (Å²) in [5.74, 6) is -1.71. The van der Waals surface area contributed by atoms with Crippen LogP contribution in [0.3, 0.4) is 0 Å². The van der Waals surface area contributed by atoms with E-state index in [1.165, 1.54) is 205 Å². The summed E-state index contributed by atoms with van der Waals surface area (Å²) in [5.41, 5.74) is -0.425. The minimum Gasteiger partial charge on any atom is -0.431 e. The van der Waals surface area contributed by atoms with Gasteiger partial charge in [0.1, 0.15) is 0 Å². The number of hydrogen-bond donors (Lipinski definition) is 1. The lowest BCUT2D eigenvalue weighted by Crippen LogP contribution is -2.13. The third-order valence-electron chi connectivity index (χ3n) is 11.2. The Balaban J connectivity index is 2.21. The van der Waals surface area contributed by atoms with Gasteiger partial charge in [0.05, 0.1) is 28.5 Å². The van der Waals surface area contributed by atoms with E-state index in [1.807, 2.05) is 0 Å². The van der Waals surface area contributed by atoms with Crippen molar-refractivity contribution in [1.29, 1.82) is 0 Å². The lowest BCUT2D eigenvalue weighted by molar-refractivity contribution is 0.0617. The van der Waals surface area contributed by atoms with E-state index in [2.05, 4.69) is 13.8 Å². The summed E-state index contributed by atoms with van der Waals surface area (Å²) in [6, 6.07) is 3.17. The van der Waals surface area contributed by atoms with E-state index in [4.69, 9.17) is 9.47 Å². The second kappa shape index (κ2) is 38.7. The summed E-state index contributed by atoms with van der Waals surface area (Å²) in [6.07, 6.45) is 52.4. The van der Waals surface area contributed by atoms with Gasteiger partial charge in [0.15, 0.2) is 0 Å². The minimum absolute atomic E-state index is 0.138. The van der Waals surface area contributed by atoms with Gasteiger partial charge in [-0.15, -0.1) is 0 Å². The molecule has 0 aliphatic rings. The van der Waals surface area contributed by atoms with Gasteiger partial charge in [-0.05, 0) is 56.0 Å². The van der Waals surface area contributed by atoms with Crippen molar-refractivity contribution in [2.45, 2.75) is 250 Å². The first-order valence-electron chi connectivity index (χ1n) is 24.1. The maximum absolute atomic E-state index is 12.9. The van der Waals surface area contributed by atoms with Gasteiger partial charge < -0.3 is 9.47 Å². The van der Waals surface area contributed by atoms with Gasteiger partial charge in [-0.3, -0.25) is 4.55 Å². The molecule has 1 aromatic rings. The number of carbonyl (C=O) groups is 2. The molecule has 1 rings (SSSR count). The van der Waals surface area contributed by atoms with Gasteiger partial charge in [0.2, 0.25) is 0 Å². The Morgan fingerprint density at radius 2 is 0.724 bits per heavy atom. The Kier molecular flexibility index (Phi) is 35.8. The molecule has 1 aromatic carbocycles. The normalized spacial score (nSPS) is 11.9. The molecule has 334 valence electrons. The average molecular weight is 831 g/mol. The molecule has 0 aliphatic carbocycles. The zero-order valence-electron chi connectivity index (χ0n) is 37.3. The first-order valence-corrected chi connectivity index (χ1v) is 25.6. The second-order valence-electron chi connectivity index (χ2n) is 16.6. The topological polar surface area (TPSA) is 107 Å². The van der Waals surface area contributed by atoms with E-state index >= 15 is 0 Å². The van der Waals surface area contributed by atoms with Gasteiger partial charge in [0.25, 0.3) is 10.1 Å². The van der Waals surface area contributed by atoms with Crippen LogP contribution in [0.25, 0.3) is 0 Å². The molecule has 0 fully saturated rings. The van der Waals surface area contributed by atoms with E-state index in [1.54, 1.807) is 12.2 Å². The Labute approximate surface area is 356 Å². The van der Waals surface area contributed by atoms with E-state index < -0.39 is 27.0 Å². The van der Waals surface area contributed by atoms with Crippen LogP contribution in [0.2, 0.25) is 0 Å². The Bertz CT molecular complexity index is 1300. The Morgan fingerprint density at radius 3 is 1.02 bits per heavy atom. The number of allylic oxidation sites excluding steroid dienone is 2. The maximum Gasteiger partial charge on any atom is 0.343 e. The molecule has 0 saturated carbocycles. The predicted octanol–water partition coefficient (Wildman–Crippen LogP) is 16.4. The molecule has 0 unspecified atom stereocenters. The molecule has 0 bridgehead atoms. The highest BCUT2D eigenvalue weighted by Crippen LogP contribution is 2.20. The summed E-state index contributed by atoms with van der Waals surface area (Å²) >= 11 is 0. The van der Waals surface area contributed by atoms with Gasteiger partial charge in [-0.1, -0.05) is 219 Å². The van der Waals surface area contributed by atoms with Gasteiger partial charge in [-0.2, -0.15) is 8.42 Å². The molecule has 0 spiro atoms. The molecule has 0 atom stereocenters. The van der Waals surface area contributed by atoms with Crippen molar-refractivity contribution >= 4 is 22.1 Å². The number of rotatable bonds is 41. The molecule has 0 aliphatic heterocycles. The summed E-state index contributed by atoms with van der Waals surface area (Å²) < 4.78 is 43.6. The van der Waals surface area contributed by atoms with Gasteiger partial charge >= 0.3 is 11.9 Å². The largest absolute Gasteiger partial charge is 0.431 e. The van der Waals surface area contributed by atoms with Crippen molar-refractivity contribution in [3.8, 4) is 0 Å². The van der Waals surface area contributed by atoms with Crippen LogP contribution in [0.4, 0.5) is 0 Å². The standard InChI is InChI=1S/C50H86O7S/c1-3-5-7-9-11-13-15-17-19-21-23-25-27-29-31-33-35-37-39-43-56-49(51)47-42-41-46(58(53,54)55)45-48(47)50(52)57-44-40-38-36-34-32-30-28-26-24-22-20-18-16-14-12-10-8-6-4-2/h39-45H,3-38H2,1-2H3,(H,53,54,55)/b43-39+,44-40+. The van der Waals surface area contributed by atoms with Crippen molar-refractivity contribution in [2.24, 2.45) is 0 Å². The number of carbonyl (C=O) groups excluding carboxylic acids is 2. The first kappa shape index (κ1) is 53.6. The number of ether oxygens (including phenoxy) is 2.